The molecule has 1 heteroatoms. The van der Waals surface area contributed by atoms with Gasteiger partial charge in [-0.25, -0.2) is 0 Å². The molecule has 66 valence electrons. The number of hydrogen-bond acceptors (Lipinski definition) is 0. The molecule has 0 saturated heterocycles. The molecule has 0 aromatic carbocycles. The van der Waals surface area contributed by atoms with E-state index in [1.807, 2.05) is 0 Å². The number of allylic oxidation sites excluding steroid dienone is 2. The van der Waals surface area contributed by atoms with Gasteiger partial charge in [-0.2, -0.15) is 0 Å². The molecule has 0 spiro atoms. The minimum Gasteiger partial charge on any atom is -0.0895 e. The Bertz CT molecular complexity index is 105. The number of hydrogen-bond donors (Lipinski definition) is 0. The zero-order chi connectivity index (χ0) is 8.53. The van der Waals surface area contributed by atoms with Crippen LogP contribution in [0.3, 0.4) is 0 Å². The van der Waals surface area contributed by atoms with Crippen molar-refractivity contribution < 1.29 is 0 Å². The van der Waals surface area contributed by atoms with Crippen LogP contribution in [0.4, 0.5) is 0 Å². The molecule has 0 saturated carbocycles. The summed E-state index contributed by atoms with van der Waals surface area (Å²) in [4.78, 5) is 0. The fourth-order valence-corrected chi connectivity index (χ4v) is 1.08. The predicted molar refractivity (Wildman–Crippen MR) is 53.0 cm³/mol. The average Bonchev–Trinajstić information content (AvgIpc) is 2.04. The topological polar surface area (TPSA) is 0 Å². The van der Waals surface area contributed by atoms with Gasteiger partial charge in [0, 0.05) is 5.03 Å². The van der Waals surface area contributed by atoms with Crippen molar-refractivity contribution in [3.63, 3.8) is 0 Å². The van der Waals surface area contributed by atoms with Crippen LogP contribution < -0.4 is 0 Å². The standard InChI is InChI=1S/C10H19Cl/c1-3-5-6-7-8-9-10(11)4-2/h9H,3-8H2,1-2H3/b10-9-. The van der Waals surface area contributed by atoms with Crippen LogP contribution in [0.1, 0.15) is 52.4 Å². The first-order valence-electron chi connectivity index (χ1n) is 4.65. The highest BCUT2D eigenvalue weighted by Crippen LogP contribution is 2.10. The molecule has 0 amide bonds. The maximum Gasteiger partial charge on any atom is 0.0138 e. The van der Waals surface area contributed by atoms with Crippen LogP contribution in [-0.4, -0.2) is 0 Å². The molecule has 0 atom stereocenters. The van der Waals surface area contributed by atoms with Gasteiger partial charge in [-0.1, -0.05) is 50.8 Å². The zero-order valence-corrected chi connectivity index (χ0v) is 8.45. The third-order valence-electron chi connectivity index (χ3n) is 1.76. The Morgan fingerprint density at radius 2 is 1.91 bits per heavy atom. The highest BCUT2D eigenvalue weighted by Gasteiger charge is 1.87. The molecule has 0 aromatic heterocycles. The number of unbranched alkanes of at least 4 members (excludes halogenated alkanes) is 4. The molecule has 0 unspecified atom stereocenters. The lowest BCUT2D eigenvalue weighted by atomic mass is 10.1. The Morgan fingerprint density at radius 3 is 2.45 bits per heavy atom. The molecule has 0 aliphatic rings. The molecule has 0 fully saturated rings. The van der Waals surface area contributed by atoms with Gasteiger partial charge < -0.3 is 0 Å². The van der Waals surface area contributed by atoms with Gasteiger partial charge in [0.1, 0.15) is 0 Å². The molecular weight excluding hydrogens is 156 g/mol. The van der Waals surface area contributed by atoms with E-state index >= 15 is 0 Å². The minimum atomic E-state index is 0.981. The Balaban J connectivity index is 3.12. The van der Waals surface area contributed by atoms with E-state index in [1.54, 1.807) is 0 Å². The van der Waals surface area contributed by atoms with Gasteiger partial charge >= 0.3 is 0 Å². The first-order chi connectivity index (χ1) is 5.31. The van der Waals surface area contributed by atoms with E-state index < -0.39 is 0 Å². The van der Waals surface area contributed by atoms with Crippen LogP contribution in [0.15, 0.2) is 11.1 Å². The Morgan fingerprint density at radius 1 is 1.18 bits per heavy atom. The second kappa shape index (κ2) is 8.13. The van der Waals surface area contributed by atoms with E-state index in [1.165, 1.54) is 25.7 Å². The van der Waals surface area contributed by atoms with E-state index in [4.69, 9.17) is 11.6 Å². The molecule has 0 nitrogen and oxygen atoms in total. The maximum atomic E-state index is 5.84. The summed E-state index contributed by atoms with van der Waals surface area (Å²) in [6.45, 7) is 4.32. The van der Waals surface area contributed by atoms with E-state index in [2.05, 4.69) is 19.9 Å². The molecule has 0 aliphatic heterocycles. The van der Waals surface area contributed by atoms with E-state index in [-0.39, 0.29) is 0 Å². The van der Waals surface area contributed by atoms with Crippen molar-refractivity contribution in [2.45, 2.75) is 52.4 Å². The summed E-state index contributed by atoms with van der Waals surface area (Å²) in [5.41, 5.74) is 0. The predicted octanol–water partition coefficient (Wildman–Crippen LogP) is 4.49. The molecule has 0 radical (unpaired) electrons. The van der Waals surface area contributed by atoms with Crippen LogP contribution in [0, 0.1) is 0 Å². The van der Waals surface area contributed by atoms with Crippen LogP contribution in [0.25, 0.3) is 0 Å². The van der Waals surface area contributed by atoms with Crippen molar-refractivity contribution in [1.82, 2.24) is 0 Å². The monoisotopic (exact) mass is 174 g/mol. The summed E-state index contributed by atoms with van der Waals surface area (Å²) in [7, 11) is 0. The first kappa shape index (κ1) is 11.0. The van der Waals surface area contributed by atoms with Crippen LogP contribution >= 0.6 is 11.6 Å². The van der Waals surface area contributed by atoms with Crippen molar-refractivity contribution in [3.05, 3.63) is 11.1 Å². The summed E-state index contributed by atoms with van der Waals surface area (Å²) in [6, 6.07) is 0. The quantitative estimate of drug-likeness (QED) is 0.521. The number of halogens is 1. The highest BCUT2D eigenvalue weighted by atomic mass is 35.5. The average molecular weight is 175 g/mol. The molecule has 0 heterocycles. The van der Waals surface area contributed by atoms with Gasteiger partial charge in [0.15, 0.2) is 0 Å². The fraction of sp³-hybridized carbons (Fsp3) is 0.800. The molecule has 11 heavy (non-hydrogen) atoms. The van der Waals surface area contributed by atoms with Crippen LogP contribution in [0.2, 0.25) is 0 Å². The lowest BCUT2D eigenvalue weighted by molar-refractivity contribution is 0.673. The largest absolute Gasteiger partial charge is 0.0895 e. The van der Waals surface area contributed by atoms with Crippen molar-refractivity contribution >= 4 is 11.6 Å². The Hall–Kier alpha value is 0.0300. The summed E-state index contributed by atoms with van der Waals surface area (Å²) in [6.07, 6.45) is 9.60. The van der Waals surface area contributed by atoms with Gasteiger partial charge in [0.05, 0.1) is 0 Å². The van der Waals surface area contributed by atoms with Crippen molar-refractivity contribution in [3.8, 4) is 0 Å². The molecule has 0 aliphatic carbocycles. The van der Waals surface area contributed by atoms with Crippen LogP contribution in [-0.2, 0) is 0 Å². The number of rotatable bonds is 6. The third kappa shape index (κ3) is 7.93. The van der Waals surface area contributed by atoms with Crippen LogP contribution in [0.5, 0.6) is 0 Å². The lowest BCUT2D eigenvalue weighted by Crippen LogP contribution is -1.75. The molecular formula is C10H19Cl. The van der Waals surface area contributed by atoms with E-state index in [0.717, 1.165) is 17.9 Å². The minimum absolute atomic E-state index is 0.981. The van der Waals surface area contributed by atoms with Gasteiger partial charge in [-0.3, -0.25) is 0 Å². The second-order valence-corrected chi connectivity index (χ2v) is 3.34. The van der Waals surface area contributed by atoms with Crippen molar-refractivity contribution in [1.29, 1.82) is 0 Å². The van der Waals surface area contributed by atoms with E-state index in [9.17, 15) is 0 Å². The highest BCUT2D eigenvalue weighted by molar-refractivity contribution is 6.29. The molecule has 0 aromatic rings. The summed E-state index contributed by atoms with van der Waals surface area (Å²) in [5, 5.41) is 1.02. The third-order valence-corrected chi connectivity index (χ3v) is 2.18. The van der Waals surface area contributed by atoms with Crippen molar-refractivity contribution in [2.24, 2.45) is 0 Å². The van der Waals surface area contributed by atoms with Gasteiger partial charge in [0.25, 0.3) is 0 Å². The normalized spacial score (nSPS) is 12.1. The summed E-state index contributed by atoms with van der Waals surface area (Å²) in [5.74, 6) is 0. The fourth-order valence-electron chi connectivity index (χ4n) is 0.974. The molecule has 0 rings (SSSR count). The SMILES string of the molecule is CCCCCC/C=C(\Cl)CC. The summed E-state index contributed by atoms with van der Waals surface area (Å²) < 4.78 is 0. The molecule has 0 N–H and O–H groups in total. The van der Waals surface area contributed by atoms with E-state index in [0.29, 0.717) is 0 Å². The maximum absolute atomic E-state index is 5.84. The zero-order valence-electron chi connectivity index (χ0n) is 7.70. The Kier molecular flexibility index (Phi) is 8.15. The van der Waals surface area contributed by atoms with Gasteiger partial charge in [-0.15, -0.1) is 0 Å². The summed E-state index contributed by atoms with van der Waals surface area (Å²) >= 11 is 5.84. The second-order valence-electron chi connectivity index (χ2n) is 2.85. The smallest absolute Gasteiger partial charge is 0.0138 e. The first-order valence-corrected chi connectivity index (χ1v) is 5.03. The van der Waals surface area contributed by atoms with Crippen molar-refractivity contribution in [2.75, 3.05) is 0 Å². The Labute approximate surface area is 75.6 Å². The van der Waals surface area contributed by atoms with Gasteiger partial charge in [0.2, 0.25) is 0 Å². The lowest BCUT2D eigenvalue weighted by Gasteiger charge is -1.95. The van der Waals surface area contributed by atoms with Gasteiger partial charge in [-0.05, 0) is 19.3 Å². The molecule has 0 bridgehead atoms.